The van der Waals surface area contributed by atoms with Crippen LogP contribution in [0.25, 0.3) is 0 Å². The molecular weight excluding hydrogens is 300 g/mol. The Morgan fingerprint density at radius 1 is 1.45 bits per heavy atom. The zero-order valence-corrected chi connectivity index (χ0v) is 14.9. The van der Waals surface area contributed by atoms with Crippen molar-refractivity contribution in [3.63, 3.8) is 0 Å². The highest BCUT2D eigenvalue weighted by Crippen LogP contribution is 2.28. The molecule has 0 bridgehead atoms. The SMILES string of the molecule is CCC(NC(=O)C[C@@H]1CCC[C@H]1N)c1c(C)nn(C)c1C.Cl. The van der Waals surface area contributed by atoms with Gasteiger partial charge in [-0.3, -0.25) is 9.48 Å². The van der Waals surface area contributed by atoms with E-state index in [1.54, 1.807) is 0 Å². The lowest BCUT2D eigenvalue weighted by Gasteiger charge is -2.20. The summed E-state index contributed by atoms with van der Waals surface area (Å²) in [6.07, 6.45) is 4.70. The maximum absolute atomic E-state index is 12.3. The van der Waals surface area contributed by atoms with Crippen LogP contribution in [0.15, 0.2) is 0 Å². The fourth-order valence-corrected chi connectivity index (χ4v) is 3.48. The second-order valence-electron chi connectivity index (χ2n) is 6.30. The van der Waals surface area contributed by atoms with Gasteiger partial charge in [0.15, 0.2) is 0 Å². The van der Waals surface area contributed by atoms with Crippen molar-refractivity contribution in [3.8, 4) is 0 Å². The number of rotatable bonds is 5. The van der Waals surface area contributed by atoms with Crippen molar-refractivity contribution in [1.82, 2.24) is 15.1 Å². The van der Waals surface area contributed by atoms with Crippen LogP contribution in [0.4, 0.5) is 0 Å². The molecule has 1 aliphatic rings. The van der Waals surface area contributed by atoms with E-state index in [1.807, 2.05) is 18.7 Å². The highest BCUT2D eigenvalue weighted by Gasteiger charge is 2.27. The van der Waals surface area contributed by atoms with Gasteiger partial charge in [0.2, 0.25) is 5.91 Å². The summed E-state index contributed by atoms with van der Waals surface area (Å²) in [4.78, 5) is 12.3. The number of hydrogen-bond acceptors (Lipinski definition) is 3. The Morgan fingerprint density at radius 2 is 2.14 bits per heavy atom. The van der Waals surface area contributed by atoms with Crippen LogP contribution in [0.3, 0.4) is 0 Å². The zero-order chi connectivity index (χ0) is 15.6. The molecule has 126 valence electrons. The minimum absolute atomic E-state index is 0. The van der Waals surface area contributed by atoms with Crippen molar-refractivity contribution < 1.29 is 4.79 Å². The first kappa shape index (κ1) is 19.0. The third-order valence-electron chi connectivity index (χ3n) is 4.82. The number of aromatic nitrogens is 2. The molecule has 2 rings (SSSR count). The van der Waals surface area contributed by atoms with Gasteiger partial charge in [-0.15, -0.1) is 12.4 Å². The second-order valence-corrected chi connectivity index (χ2v) is 6.30. The van der Waals surface area contributed by atoms with E-state index in [-0.39, 0.29) is 30.4 Å². The zero-order valence-electron chi connectivity index (χ0n) is 14.1. The van der Waals surface area contributed by atoms with Gasteiger partial charge in [0.25, 0.3) is 0 Å². The molecule has 1 aliphatic carbocycles. The van der Waals surface area contributed by atoms with Gasteiger partial charge < -0.3 is 11.1 Å². The van der Waals surface area contributed by atoms with E-state index in [0.717, 1.165) is 42.6 Å². The third kappa shape index (κ3) is 4.02. The highest BCUT2D eigenvalue weighted by atomic mass is 35.5. The number of amides is 1. The Labute approximate surface area is 139 Å². The molecule has 6 heteroatoms. The first-order chi connectivity index (χ1) is 9.93. The Hall–Kier alpha value is -1.07. The largest absolute Gasteiger partial charge is 0.349 e. The fraction of sp³-hybridized carbons (Fsp3) is 0.750. The average molecular weight is 329 g/mol. The van der Waals surface area contributed by atoms with Crippen LogP contribution in [0.1, 0.15) is 62.0 Å². The molecule has 1 amide bonds. The Kier molecular flexibility index (Phi) is 6.88. The summed E-state index contributed by atoms with van der Waals surface area (Å²) >= 11 is 0. The van der Waals surface area contributed by atoms with E-state index in [4.69, 9.17) is 5.73 Å². The van der Waals surface area contributed by atoms with E-state index >= 15 is 0 Å². The predicted octanol–water partition coefficient (Wildman–Crippen LogP) is 2.54. The lowest BCUT2D eigenvalue weighted by molar-refractivity contribution is -0.122. The van der Waals surface area contributed by atoms with E-state index in [2.05, 4.69) is 24.3 Å². The normalized spacial score (nSPS) is 22.2. The summed E-state index contributed by atoms with van der Waals surface area (Å²) in [7, 11) is 1.94. The third-order valence-corrected chi connectivity index (χ3v) is 4.82. The molecule has 3 N–H and O–H groups in total. The summed E-state index contributed by atoms with van der Waals surface area (Å²) < 4.78 is 1.88. The number of carbonyl (C=O) groups excluding carboxylic acids is 1. The van der Waals surface area contributed by atoms with Gasteiger partial charge >= 0.3 is 0 Å². The number of nitrogens with two attached hydrogens (primary N) is 1. The van der Waals surface area contributed by atoms with Crippen LogP contribution in [0.5, 0.6) is 0 Å². The quantitative estimate of drug-likeness (QED) is 0.872. The van der Waals surface area contributed by atoms with Gasteiger partial charge in [0, 0.05) is 30.8 Å². The molecule has 1 aromatic rings. The minimum atomic E-state index is 0. The minimum Gasteiger partial charge on any atom is -0.349 e. The smallest absolute Gasteiger partial charge is 0.220 e. The van der Waals surface area contributed by atoms with Crippen LogP contribution >= 0.6 is 12.4 Å². The number of hydrogen-bond donors (Lipinski definition) is 2. The maximum atomic E-state index is 12.3. The molecule has 0 aromatic carbocycles. The number of aryl methyl sites for hydroxylation is 2. The second kappa shape index (κ2) is 7.97. The molecule has 22 heavy (non-hydrogen) atoms. The molecule has 0 spiro atoms. The molecular formula is C16H29ClN4O. The number of carbonyl (C=O) groups is 1. The summed E-state index contributed by atoms with van der Waals surface area (Å²) in [5.41, 5.74) is 9.34. The van der Waals surface area contributed by atoms with Crippen LogP contribution in [-0.4, -0.2) is 21.7 Å². The van der Waals surface area contributed by atoms with Crippen LogP contribution < -0.4 is 11.1 Å². The monoisotopic (exact) mass is 328 g/mol. The molecule has 0 radical (unpaired) electrons. The van der Waals surface area contributed by atoms with Crippen LogP contribution in [0.2, 0.25) is 0 Å². The Morgan fingerprint density at radius 3 is 2.59 bits per heavy atom. The number of halogens is 1. The van der Waals surface area contributed by atoms with Gasteiger partial charge in [-0.05, 0) is 39.0 Å². The molecule has 1 fully saturated rings. The van der Waals surface area contributed by atoms with Crippen molar-refractivity contribution in [2.24, 2.45) is 18.7 Å². The van der Waals surface area contributed by atoms with Crippen molar-refractivity contribution in [2.75, 3.05) is 0 Å². The fourth-order valence-electron chi connectivity index (χ4n) is 3.48. The summed E-state index contributed by atoms with van der Waals surface area (Å²) in [5, 5.41) is 7.63. The number of nitrogens with zero attached hydrogens (tertiary/aromatic N) is 2. The molecule has 3 atom stereocenters. The Balaban J connectivity index is 0.00000242. The van der Waals surface area contributed by atoms with E-state index in [0.29, 0.717) is 12.3 Å². The van der Waals surface area contributed by atoms with Crippen molar-refractivity contribution >= 4 is 18.3 Å². The molecule has 1 aromatic heterocycles. The molecule has 1 heterocycles. The van der Waals surface area contributed by atoms with Crippen molar-refractivity contribution in [3.05, 3.63) is 17.0 Å². The summed E-state index contributed by atoms with van der Waals surface area (Å²) in [6, 6.07) is 0.238. The lowest BCUT2D eigenvalue weighted by Crippen LogP contribution is -2.34. The van der Waals surface area contributed by atoms with Gasteiger partial charge in [0.1, 0.15) is 0 Å². The molecule has 1 saturated carbocycles. The van der Waals surface area contributed by atoms with Crippen molar-refractivity contribution in [1.29, 1.82) is 0 Å². The van der Waals surface area contributed by atoms with Crippen LogP contribution in [0, 0.1) is 19.8 Å². The van der Waals surface area contributed by atoms with Gasteiger partial charge in [-0.1, -0.05) is 13.3 Å². The van der Waals surface area contributed by atoms with Gasteiger partial charge in [-0.25, -0.2) is 0 Å². The molecule has 1 unspecified atom stereocenters. The summed E-state index contributed by atoms with van der Waals surface area (Å²) in [5.74, 6) is 0.463. The summed E-state index contributed by atoms with van der Waals surface area (Å²) in [6.45, 7) is 6.15. The van der Waals surface area contributed by atoms with E-state index < -0.39 is 0 Å². The van der Waals surface area contributed by atoms with Gasteiger partial charge in [0.05, 0.1) is 11.7 Å². The predicted molar refractivity (Wildman–Crippen MR) is 91.0 cm³/mol. The average Bonchev–Trinajstić information content (AvgIpc) is 2.92. The van der Waals surface area contributed by atoms with Crippen molar-refractivity contribution in [2.45, 2.75) is 65.0 Å². The van der Waals surface area contributed by atoms with E-state index in [1.165, 1.54) is 0 Å². The Bertz CT molecular complexity index is 514. The standard InChI is InChI=1S/C16H28N4O.ClH/c1-5-14(16-10(2)19-20(4)11(16)3)18-15(21)9-12-7-6-8-13(12)17;/h12-14H,5-9,17H2,1-4H3,(H,18,21);1H/t12-,13+,14?;/m0./s1. The molecule has 0 aliphatic heterocycles. The maximum Gasteiger partial charge on any atom is 0.220 e. The topological polar surface area (TPSA) is 72.9 Å². The first-order valence-corrected chi connectivity index (χ1v) is 7.99. The van der Waals surface area contributed by atoms with Crippen LogP contribution in [-0.2, 0) is 11.8 Å². The van der Waals surface area contributed by atoms with E-state index in [9.17, 15) is 4.79 Å². The lowest BCUT2D eigenvalue weighted by atomic mass is 9.98. The first-order valence-electron chi connectivity index (χ1n) is 7.99. The van der Waals surface area contributed by atoms with Gasteiger partial charge in [-0.2, -0.15) is 5.10 Å². The molecule has 0 saturated heterocycles. The molecule has 5 nitrogen and oxygen atoms in total. The highest BCUT2D eigenvalue weighted by molar-refractivity contribution is 5.85. The number of nitrogens with one attached hydrogen (secondary N) is 1.